The second-order valence-corrected chi connectivity index (χ2v) is 14.3. The number of fused-ring (bicyclic) bond motifs is 3. The third-order valence-corrected chi connectivity index (χ3v) is 10.8. The minimum absolute atomic E-state index is 0.233. The van der Waals surface area contributed by atoms with Gasteiger partial charge in [-0.05, 0) is 37.0 Å². The maximum Gasteiger partial charge on any atom is 0.191 e. The van der Waals surface area contributed by atoms with E-state index < -0.39 is 8.32 Å². The lowest BCUT2D eigenvalue weighted by molar-refractivity contribution is 0.275. The molecule has 2 aromatic heterocycles. The number of anilines is 1. The number of nitrogen functional groups attached to an aromatic ring is 1. The van der Waals surface area contributed by atoms with Gasteiger partial charge >= 0.3 is 0 Å². The molecule has 2 N–H and O–H groups in total. The van der Waals surface area contributed by atoms with Crippen molar-refractivity contribution in [3.05, 3.63) is 30.1 Å². The third-order valence-electron chi connectivity index (χ3n) is 6.24. The van der Waals surface area contributed by atoms with Gasteiger partial charge in [-0.25, -0.2) is 9.97 Å². The standard InChI is InChI=1S/C23H36N4OSi/c1-7-8-14-19-26-20-21(17-12-9-10-13-18(17)25-22(20)24)27(19)15-11-16-28-29(5,6)23(2,3)4/h9-10,12-13H,7-8,11,14-16H2,1-6H3,(H2,24,25). The molecule has 0 saturated heterocycles. The fourth-order valence-corrected chi connectivity index (χ4v) is 4.53. The third kappa shape index (κ3) is 4.48. The van der Waals surface area contributed by atoms with Crippen LogP contribution in [-0.4, -0.2) is 29.5 Å². The van der Waals surface area contributed by atoms with Crippen LogP contribution in [0.5, 0.6) is 0 Å². The van der Waals surface area contributed by atoms with Crippen LogP contribution in [0.1, 0.15) is 52.8 Å². The Bertz CT molecular complexity index is 988. The molecule has 3 aromatic rings. The van der Waals surface area contributed by atoms with Gasteiger partial charge in [0.2, 0.25) is 0 Å². The predicted octanol–water partition coefficient (Wildman–Crippen LogP) is 5.92. The summed E-state index contributed by atoms with van der Waals surface area (Å²) in [5.41, 5.74) is 9.17. The molecule has 0 aliphatic heterocycles. The molecule has 0 aliphatic rings. The van der Waals surface area contributed by atoms with Gasteiger partial charge in [0.1, 0.15) is 11.3 Å². The predicted molar refractivity (Wildman–Crippen MR) is 126 cm³/mol. The molecule has 1 aromatic carbocycles. The highest BCUT2D eigenvalue weighted by atomic mass is 28.4. The number of aryl methyl sites for hydroxylation is 2. The van der Waals surface area contributed by atoms with Gasteiger partial charge in [-0.15, -0.1) is 0 Å². The van der Waals surface area contributed by atoms with Crippen molar-refractivity contribution in [2.45, 2.75) is 78.1 Å². The monoisotopic (exact) mass is 412 g/mol. The van der Waals surface area contributed by atoms with E-state index in [9.17, 15) is 0 Å². The fraction of sp³-hybridized carbons (Fsp3) is 0.565. The Kier molecular flexibility index (Phi) is 6.34. The molecule has 2 heterocycles. The van der Waals surface area contributed by atoms with E-state index in [1.54, 1.807) is 0 Å². The van der Waals surface area contributed by atoms with E-state index in [0.717, 1.165) is 66.6 Å². The Labute approximate surface area is 175 Å². The minimum Gasteiger partial charge on any atom is -0.417 e. The average molecular weight is 413 g/mol. The number of unbranched alkanes of at least 4 members (excludes halogenated alkanes) is 1. The zero-order chi connectivity index (χ0) is 21.2. The molecular formula is C23H36N4OSi. The van der Waals surface area contributed by atoms with Crippen LogP contribution in [0.2, 0.25) is 18.1 Å². The van der Waals surface area contributed by atoms with Crippen LogP contribution in [-0.2, 0) is 17.4 Å². The van der Waals surface area contributed by atoms with Crippen molar-refractivity contribution in [2.24, 2.45) is 0 Å². The molecule has 158 valence electrons. The largest absolute Gasteiger partial charge is 0.417 e. The highest BCUT2D eigenvalue weighted by molar-refractivity contribution is 6.74. The molecule has 0 spiro atoms. The van der Waals surface area contributed by atoms with Crippen LogP contribution >= 0.6 is 0 Å². The topological polar surface area (TPSA) is 66.0 Å². The van der Waals surface area contributed by atoms with Gasteiger partial charge in [0.05, 0.1) is 11.0 Å². The minimum atomic E-state index is -1.72. The molecule has 0 unspecified atom stereocenters. The van der Waals surface area contributed by atoms with E-state index in [1.165, 1.54) is 0 Å². The summed E-state index contributed by atoms with van der Waals surface area (Å²) < 4.78 is 8.77. The molecule has 5 nitrogen and oxygen atoms in total. The lowest BCUT2D eigenvalue weighted by Gasteiger charge is -2.36. The second-order valence-electron chi connectivity index (χ2n) is 9.46. The molecule has 0 aliphatic carbocycles. The summed E-state index contributed by atoms with van der Waals surface area (Å²) in [6.07, 6.45) is 4.19. The highest BCUT2D eigenvalue weighted by Gasteiger charge is 2.36. The fourth-order valence-electron chi connectivity index (χ4n) is 3.44. The molecule has 0 bridgehead atoms. The molecule has 29 heavy (non-hydrogen) atoms. The molecule has 3 rings (SSSR count). The molecule has 0 atom stereocenters. The number of rotatable bonds is 8. The first-order valence-corrected chi connectivity index (χ1v) is 13.7. The summed E-state index contributed by atoms with van der Waals surface area (Å²) in [5, 5.41) is 1.36. The van der Waals surface area contributed by atoms with Gasteiger partial charge in [-0.2, -0.15) is 0 Å². The zero-order valence-electron chi connectivity index (χ0n) is 18.9. The first kappa shape index (κ1) is 21.8. The van der Waals surface area contributed by atoms with Crippen LogP contribution < -0.4 is 5.73 Å². The number of hydrogen-bond acceptors (Lipinski definition) is 4. The van der Waals surface area contributed by atoms with E-state index in [4.69, 9.17) is 15.1 Å². The molecule has 0 fully saturated rings. The highest BCUT2D eigenvalue weighted by Crippen LogP contribution is 2.36. The van der Waals surface area contributed by atoms with Gasteiger partial charge in [0.25, 0.3) is 0 Å². The number of benzene rings is 1. The smallest absolute Gasteiger partial charge is 0.191 e. The average Bonchev–Trinajstić information content (AvgIpc) is 3.02. The molecule has 6 heteroatoms. The van der Waals surface area contributed by atoms with Crippen LogP contribution in [0, 0.1) is 0 Å². The van der Waals surface area contributed by atoms with E-state index in [0.29, 0.717) is 5.82 Å². The van der Waals surface area contributed by atoms with Gasteiger partial charge in [-0.1, -0.05) is 52.3 Å². The summed E-state index contributed by atoms with van der Waals surface area (Å²) in [5.74, 6) is 1.63. The second kappa shape index (κ2) is 8.44. The van der Waals surface area contributed by atoms with Crippen molar-refractivity contribution < 1.29 is 4.43 Å². The number of nitrogens with zero attached hydrogens (tertiary/aromatic N) is 3. The van der Waals surface area contributed by atoms with Crippen molar-refractivity contribution in [3.63, 3.8) is 0 Å². The van der Waals surface area contributed by atoms with Crippen LogP contribution in [0.4, 0.5) is 5.82 Å². The van der Waals surface area contributed by atoms with Crippen molar-refractivity contribution >= 4 is 36.1 Å². The SMILES string of the molecule is CCCCc1nc2c(N)nc3ccccc3c2n1CCCO[Si](C)(C)C(C)(C)C. The van der Waals surface area contributed by atoms with Crippen LogP contribution in [0.3, 0.4) is 0 Å². The summed E-state index contributed by atoms with van der Waals surface area (Å²) in [7, 11) is -1.72. The molecular weight excluding hydrogens is 376 g/mol. The first-order chi connectivity index (χ1) is 13.7. The van der Waals surface area contributed by atoms with E-state index in [1.807, 2.05) is 12.1 Å². The van der Waals surface area contributed by atoms with Crippen molar-refractivity contribution in [1.82, 2.24) is 14.5 Å². The van der Waals surface area contributed by atoms with E-state index >= 15 is 0 Å². The number of pyridine rings is 1. The Morgan fingerprint density at radius 1 is 1.10 bits per heavy atom. The van der Waals surface area contributed by atoms with E-state index in [2.05, 4.69) is 62.5 Å². The molecule has 0 saturated carbocycles. The Hall–Kier alpha value is -1.92. The molecule has 0 radical (unpaired) electrons. The summed E-state index contributed by atoms with van der Waals surface area (Å²) in [6.45, 7) is 15.4. The number of hydrogen-bond donors (Lipinski definition) is 1. The number of para-hydroxylation sites is 1. The molecule has 0 amide bonds. The van der Waals surface area contributed by atoms with Crippen molar-refractivity contribution in [1.29, 1.82) is 0 Å². The lowest BCUT2D eigenvalue weighted by atomic mass is 10.2. The van der Waals surface area contributed by atoms with Gasteiger partial charge in [0, 0.05) is 25.0 Å². The van der Waals surface area contributed by atoms with Gasteiger partial charge < -0.3 is 14.7 Å². The summed E-state index contributed by atoms with van der Waals surface area (Å²) in [4.78, 5) is 9.49. The Balaban J connectivity index is 1.92. The van der Waals surface area contributed by atoms with E-state index in [-0.39, 0.29) is 5.04 Å². The Morgan fingerprint density at radius 3 is 2.52 bits per heavy atom. The van der Waals surface area contributed by atoms with Crippen LogP contribution in [0.25, 0.3) is 21.9 Å². The quantitative estimate of drug-likeness (QED) is 0.368. The van der Waals surface area contributed by atoms with Gasteiger partial charge in [0.15, 0.2) is 14.1 Å². The Morgan fingerprint density at radius 2 is 1.83 bits per heavy atom. The first-order valence-electron chi connectivity index (χ1n) is 10.8. The van der Waals surface area contributed by atoms with Gasteiger partial charge in [-0.3, -0.25) is 0 Å². The normalized spacial score (nSPS) is 12.9. The number of aromatic nitrogens is 3. The maximum absolute atomic E-state index is 6.40. The van der Waals surface area contributed by atoms with Crippen molar-refractivity contribution in [3.8, 4) is 0 Å². The summed E-state index contributed by atoms with van der Waals surface area (Å²) in [6, 6.07) is 8.21. The summed E-state index contributed by atoms with van der Waals surface area (Å²) >= 11 is 0. The number of imidazole rings is 1. The zero-order valence-corrected chi connectivity index (χ0v) is 19.9. The lowest BCUT2D eigenvalue weighted by Crippen LogP contribution is -2.41. The van der Waals surface area contributed by atoms with Crippen LogP contribution in [0.15, 0.2) is 24.3 Å². The maximum atomic E-state index is 6.40. The number of nitrogens with two attached hydrogens (primary N) is 1. The van der Waals surface area contributed by atoms with Crippen molar-refractivity contribution in [2.75, 3.05) is 12.3 Å².